The van der Waals surface area contributed by atoms with Gasteiger partial charge in [-0.2, -0.15) is 0 Å². The van der Waals surface area contributed by atoms with Gasteiger partial charge in [0.2, 0.25) is 5.90 Å². The third kappa shape index (κ3) is 3.51. The minimum atomic E-state index is -0.614. The fourth-order valence-corrected chi connectivity index (χ4v) is 2.28. The van der Waals surface area contributed by atoms with Gasteiger partial charge in [-0.15, -0.1) is 0 Å². The van der Waals surface area contributed by atoms with Gasteiger partial charge in [0.25, 0.3) is 0 Å². The largest absolute Gasteiger partial charge is 0.488 e. The summed E-state index contributed by atoms with van der Waals surface area (Å²) in [7, 11) is 1.34. The molecule has 5 nitrogen and oxygen atoms in total. The number of hydrogen-bond acceptors (Lipinski definition) is 5. The number of esters is 1. The molecule has 1 heterocycles. The molecule has 0 amide bonds. The number of nitrogens with zero attached hydrogens (tertiary/aromatic N) is 1. The summed E-state index contributed by atoms with van der Waals surface area (Å²) in [6.07, 6.45) is 0. The average molecular weight is 311 g/mol. The Morgan fingerprint density at radius 3 is 2.70 bits per heavy atom. The molecule has 0 saturated carbocycles. The summed E-state index contributed by atoms with van der Waals surface area (Å²) in [6, 6.07) is 16.8. The third-order valence-electron chi connectivity index (χ3n) is 3.48. The molecule has 0 fully saturated rings. The van der Waals surface area contributed by atoms with Gasteiger partial charge < -0.3 is 14.2 Å². The van der Waals surface area contributed by atoms with Crippen molar-refractivity contribution in [1.29, 1.82) is 0 Å². The summed E-state index contributed by atoms with van der Waals surface area (Å²) in [6.45, 7) is 0.639. The summed E-state index contributed by atoms with van der Waals surface area (Å²) in [4.78, 5) is 15.8. The molecule has 5 heteroatoms. The van der Waals surface area contributed by atoms with E-state index in [0.717, 1.165) is 11.1 Å². The fraction of sp³-hybridized carbons (Fsp3) is 0.222. The first-order chi connectivity index (χ1) is 11.3. The Hall–Kier alpha value is -2.82. The number of ether oxygens (including phenoxy) is 3. The molecular formula is C18H17NO4. The summed E-state index contributed by atoms with van der Waals surface area (Å²) in [5.74, 6) is 0.673. The van der Waals surface area contributed by atoms with Gasteiger partial charge in [-0.3, -0.25) is 0 Å². The normalized spacial score (nSPS) is 16.4. The van der Waals surface area contributed by atoms with Crippen LogP contribution in [0.4, 0.5) is 0 Å². The number of benzene rings is 2. The molecule has 1 aliphatic heterocycles. The molecule has 1 unspecified atom stereocenters. The van der Waals surface area contributed by atoms with Crippen LogP contribution in [0.2, 0.25) is 0 Å². The maximum absolute atomic E-state index is 11.5. The third-order valence-corrected chi connectivity index (χ3v) is 3.48. The van der Waals surface area contributed by atoms with Crippen LogP contribution >= 0.6 is 0 Å². The van der Waals surface area contributed by atoms with E-state index in [1.165, 1.54) is 7.11 Å². The van der Waals surface area contributed by atoms with Crippen molar-refractivity contribution < 1.29 is 19.0 Å². The number of rotatable bonds is 5. The van der Waals surface area contributed by atoms with Crippen LogP contribution in [0.3, 0.4) is 0 Å². The highest BCUT2D eigenvalue weighted by Crippen LogP contribution is 2.23. The van der Waals surface area contributed by atoms with Crippen molar-refractivity contribution in [3.05, 3.63) is 65.7 Å². The van der Waals surface area contributed by atoms with Crippen molar-refractivity contribution in [3.8, 4) is 5.75 Å². The zero-order chi connectivity index (χ0) is 16.1. The number of carbonyl (C=O) groups is 1. The van der Waals surface area contributed by atoms with Crippen LogP contribution in [0, 0.1) is 0 Å². The van der Waals surface area contributed by atoms with Crippen molar-refractivity contribution in [3.63, 3.8) is 0 Å². The average Bonchev–Trinajstić information content (AvgIpc) is 3.10. The number of hydrogen-bond donors (Lipinski definition) is 0. The van der Waals surface area contributed by atoms with Crippen molar-refractivity contribution >= 4 is 11.9 Å². The Morgan fingerprint density at radius 2 is 1.91 bits per heavy atom. The molecule has 0 saturated heterocycles. The van der Waals surface area contributed by atoms with Crippen molar-refractivity contribution in [2.24, 2.45) is 4.99 Å². The van der Waals surface area contributed by atoms with Crippen LogP contribution in [0.25, 0.3) is 0 Å². The molecule has 0 aliphatic carbocycles. The van der Waals surface area contributed by atoms with Gasteiger partial charge in [-0.05, 0) is 17.7 Å². The summed E-state index contributed by atoms with van der Waals surface area (Å²) in [5.41, 5.74) is 1.80. The predicted molar refractivity (Wildman–Crippen MR) is 85.5 cm³/mol. The molecule has 23 heavy (non-hydrogen) atoms. The van der Waals surface area contributed by atoms with E-state index >= 15 is 0 Å². The Bertz CT molecular complexity index is 712. The molecule has 118 valence electrons. The fourth-order valence-electron chi connectivity index (χ4n) is 2.28. The van der Waals surface area contributed by atoms with Gasteiger partial charge >= 0.3 is 5.97 Å². The minimum absolute atomic E-state index is 0.190. The van der Waals surface area contributed by atoms with Crippen LogP contribution in [-0.4, -0.2) is 31.6 Å². The SMILES string of the molecule is COC(=O)C1COC(c2ccccc2OCc2ccccc2)=N1. The Kier molecular flexibility index (Phi) is 4.57. The molecule has 0 aromatic heterocycles. The standard InChI is InChI=1S/C18H17NO4/c1-21-18(20)15-12-23-17(19-15)14-9-5-6-10-16(14)22-11-13-7-3-2-4-8-13/h2-10,15H,11-12H2,1H3. The smallest absolute Gasteiger partial charge is 0.334 e. The van der Waals surface area contributed by atoms with E-state index in [0.29, 0.717) is 18.3 Å². The van der Waals surface area contributed by atoms with E-state index in [2.05, 4.69) is 4.99 Å². The number of aliphatic imine (C=N–C) groups is 1. The molecule has 0 spiro atoms. The highest BCUT2D eigenvalue weighted by molar-refractivity contribution is 5.99. The van der Waals surface area contributed by atoms with Crippen LogP contribution in [0.5, 0.6) is 5.75 Å². The summed E-state index contributed by atoms with van der Waals surface area (Å²) < 4.78 is 16.1. The van der Waals surface area contributed by atoms with Gasteiger partial charge in [0.05, 0.1) is 12.7 Å². The Morgan fingerprint density at radius 1 is 1.17 bits per heavy atom. The molecule has 0 bridgehead atoms. The minimum Gasteiger partial charge on any atom is -0.488 e. The van der Waals surface area contributed by atoms with Crippen molar-refractivity contribution in [2.45, 2.75) is 12.6 Å². The van der Waals surface area contributed by atoms with E-state index in [9.17, 15) is 4.79 Å². The Balaban J connectivity index is 1.77. The van der Waals surface area contributed by atoms with Crippen molar-refractivity contribution in [2.75, 3.05) is 13.7 Å². The number of para-hydroxylation sites is 1. The van der Waals surface area contributed by atoms with Gasteiger partial charge in [0.15, 0.2) is 6.04 Å². The molecule has 1 atom stereocenters. The highest BCUT2D eigenvalue weighted by Gasteiger charge is 2.28. The van der Waals surface area contributed by atoms with E-state index < -0.39 is 12.0 Å². The van der Waals surface area contributed by atoms with Gasteiger partial charge in [-0.1, -0.05) is 42.5 Å². The maximum Gasteiger partial charge on any atom is 0.334 e. The zero-order valence-electron chi connectivity index (χ0n) is 12.8. The number of carbonyl (C=O) groups excluding carboxylic acids is 1. The second-order valence-electron chi connectivity index (χ2n) is 5.05. The van der Waals surface area contributed by atoms with Crippen molar-refractivity contribution in [1.82, 2.24) is 0 Å². The van der Waals surface area contributed by atoms with Crippen LogP contribution in [0.1, 0.15) is 11.1 Å². The van der Waals surface area contributed by atoms with Crippen LogP contribution < -0.4 is 4.74 Å². The first-order valence-electron chi connectivity index (χ1n) is 7.32. The summed E-state index contributed by atoms with van der Waals surface area (Å²) in [5, 5.41) is 0. The molecule has 2 aromatic carbocycles. The lowest BCUT2D eigenvalue weighted by atomic mass is 10.2. The lowest BCUT2D eigenvalue weighted by Gasteiger charge is -2.11. The van der Waals surface area contributed by atoms with Crippen LogP contribution in [0.15, 0.2) is 59.6 Å². The molecule has 2 aromatic rings. The van der Waals surface area contributed by atoms with E-state index in [4.69, 9.17) is 14.2 Å². The number of methoxy groups -OCH3 is 1. The van der Waals surface area contributed by atoms with E-state index in [1.54, 1.807) is 0 Å². The second kappa shape index (κ2) is 6.96. The topological polar surface area (TPSA) is 57.1 Å². The maximum atomic E-state index is 11.5. The molecular weight excluding hydrogens is 294 g/mol. The van der Waals surface area contributed by atoms with Gasteiger partial charge in [0.1, 0.15) is 19.0 Å². The second-order valence-corrected chi connectivity index (χ2v) is 5.05. The predicted octanol–water partition coefficient (Wildman–Crippen LogP) is 2.58. The molecule has 0 N–H and O–H groups in total. The first kappa shape index (κ1) is 15.1. The quantitative estimate of drug-likeness (QED) is 0.796. The van der Waals surface area contributed by atoms with E-state index in [-0.39, 0.29) is 6.61 Å². The van der Waals surface area contributed by atoms with Crippen LogP contribution in [-0.2, 0) is 20.9 Å². The molecule has 3 rings (SSSR count). The lowest BCUT2D eigenvalue weighted by molar-refractivity contribution is -0.142. The highest BCUT2D eigenvalue weighted by atomic mass is 16.5. The Labute approximate surface area is 134 Å². The monoisotopic (exact) mass is 311 g/mol. The molecule has 1 aliphatic rings. The van der Waals surface area contributed by atoms with Gasteiger partial charge in [0, 0.05) is 0 Å². The lowest BCUT2D eigenvalue weighted by Crippen LogP contribution is -2.21. The molecule has 0 radical (unpaired) electrons. The first-order valence-corrected chi connectivity index (χ1v) is 7.32. The van der Waals surface area contributed by atoms with E-state index in [1.807, 2.05) is 54.6 Å². The van der Waals surface area contributed by atoms with Gasteiger partial charge in [-0.25, -0.2) is 9.79 Å². The summed E-state index contributed by atoms with van der Waals surface area (Å²) >= 11 is 0. The zero-order valence-corrected chi connectivity index (χ0v) is 12.8.